The number of oxazole rings is 1. The summed E-state index contributed by atoms with van der Waals surface area (Å²) in [6.07, 6.45) is 0. The summed E-state index contributed by atoms with van der Waals surface area (Å²) >= 11 is 0. The van der Waals surface area contributed by atoms with Crippen LogP contribution in [0.2, 0.25) is 0 Å². The summed E-state index contributed by atoms with van der Waals surface area (Å²) in [5.41, 5.74) is 2.59. The van der Waals surface area contributed by atoms with E-state index < -0.39 is 11.8 Å². The van der Waals surface area contributed by atoms with Gasteiger partial charge in [-0.25, -0.2) is 9.59 Å². The number of amides is 2. The predicted molar refractivity (Wildman–Crippen MR) is 95.2 cm³/mol. The minimum Gasteiger partial charge on any atom is -0.408 e. The first-order valence-corrected chi connectivity index (χ1v) is 7.80. The average molecular weight is 339 g/mol. The summed E-state index contributed by atoms with van der Waals surface area (Å²) in [7, 11) is 0. The molecule has 7 nitrogen and oxygen atoms in total. The third-order valence-corrected chi connectivity index (χ3v) is 3.77. The number of hydrogen-bond donors (Lipinski definition) is 2. The molecule has 0 aliphatic rings. The molecule has 2 N–H and O–H groups in total. The zero-order valence-corrected chi connectivity index (χ0v) is 13.8. The molecule has 0 unspecified atom stereocenters. The lowest BCUT2D eigenvalue weighted by Gasteiger charge is -2.08. The molecule has 0 radical (unpaired) electrons. The molecule has 0 atom stereocenters. The molecule has 25 heavy (non-hydrogen) atoms. The first kappa shape index (κ1) is 16.5. The van der Waals surface area contributed by atoms with E-state index in [0.29, 0.717) is 34.6 Å². The Bertz CT molecular complexity index is 1020. The number of rotatable bonds is 4. The van der Waals surface area contributed by atoms with E-state index in [1.807, 2.05) is 6.92 Å². The van der Waals surface area contributed by atoms with Crippen LogP contribution < -0.4 is 16.4 Å². The fourth-order valence-corrected chi connectivity index (χ4v) is 2.55. The second-order valence-corrected chi connectivity index (χ2v) is 5.51. The standard InChI is InChI=1S/C18H17N3O4/c1-3-21-15-8-7-14(10-16(15)25-18(21)24)20-17(23)19-13-6-4-5-12(9-13)11(2)22/h4-10H,3H2,1-2H3,(H2,19,20,23). The number of carbonyl (C=O) groups excluding carboxylic acids is 2. The highest BCUT2D eigenvalue weighted by Crippen LogP contribution is 2.19. The third-order valence-electron chi connectivity index (χ3n) is 3.77. The van der Waals surface area contributed by atoms with Gasteiger partial charge in [0.05, 0.1) is 5.52 Å². The number of fused-ring (bicyclic) bond motifs is 1. The van der Waals surface area contributed by atoms with Crippen molar-refractivity contribution in [1.29, 1.82) is 0 Å². The maximum Gasteiger partial charge on any atom is 0.419 e. The number of anilines is 2. The zero-order chi connectivity index (χ0) is 18.0. The van der Waals surface area contributed by atoms with E-state index in [1.54, 1.807) is 42.5 Å². The van der Waals surface area contributed by atoms with Gasteiger partial charge in [0.2, 0.25) is 0 Å². The van der Waals surface area contributed by atoms with Gasteiger partial charge in [-0.1, -0.05) is 12.1 Å². The number of ketones is 1. The zero-order valence-electron chi connectivity index (χ0n) is 13.8. The molecule has 2 amide bonds. The van der Waals surface area contributed by atoms with E-state index in [2.05, 4.69) is 10.6 Å². The monoisotopic (exact) mass is 339 g/mol. The summed E-state index contributed by atoms with van der Waals surface area (Å²) in [4.78, 5) is 35.2. The smallest absolute Gasteiger partial charge is 0.408 e. The normalized spacial score (nSPS) is 10.6. The Labute approximate surface area is 143 Å². The molecule has 1 heterocycles. The summed E-state index contributed by atoms with van der Waals surface area (Å²) in [6.45, 7) is 3.82. The Morgan fingerprint density at radius 2 is 1.80 bits per heavy atom. The number of nitrogens with zero attached hydrogens (tertiary/aromatic N) is 1. The largest absolute Gasteiger partial charge is 0.419 e. The quantitative estimate of drug-likeness (QED) is 0.712. The van der Waals surface area contributed by atoms with E-state index >= 15 is 0 Å². The molecule has 0 aliphatic carbocycles. The first-order chi connectivity index (χ1) is 12.0. The van der Waals surface area contributed by atoms with Gasteiger partial charge in [-0.05, 0) is 38.1 Å². The van der Waals surface area contributed by atoms with Gasteiger partial charge in [0.25, 0.3) is 0 Å². The molecule has 0 fully saturated rings. The lowest BCUT2D eigenvalue weighted by molar-refractivity contribution is 0.101. The van der Waals surface area contributed by atoms with Crippen molar-refractivity contribution < 1.29 is 14.0 Å². The molecule has 7 heteroatoms. The molecule has 3 rings (SSSR count). The number of Topliss-reactive ketones (excluding diaryl/α,β-unsaturated/α-hetero) is 1. The van der Waals surface area contributed by atoms with Gasteiger partial charge in [-0.15, -0.1) is 0 Å². The van der Waals surface area contributed by atoms with Crippen LogP contribution in [-0.4, -0.2) is 16.4 Å². The van der Waals surface area contributed by atoms with Crippen LogP contribution >= 0.6 is 0 Å². The Hall–Kier alpha value is -3.35. The number of benzene rings is 2. The van der Waals surface area contributed by atoms with Crippen LogP contribution in [0, 0.1) is 0 Å². The van der Waals surface area contributed by atoms with Crippen molar-refractivity contribution in [3.8, 4) is 0 Å². The van der Waals surface area contributed by atoms with E-state index in [0.717, 1.165) is 0 Å². The molecule has 0 aliphatic heterocycles. The van der Waals surface area contributed by atoms with Crippen LogP contribution in [0.3, 0.4) is 0 Å². The number of aromatic nitrogens is 1. The number of nitrogens with one attached hydrogen (secondary N) is 2. The molecular weight excluding hydrogens is 322 g/mol. The maximum absolute atomic E-state index is 12.1. The molecular formula is C18H17N3O4. The van der Waals surface area contributed by atoms with Gasteiger partial charge < -0.3 is 15.1 Å². The Kier molecular flexibility index (Phi) is 4.38. The first-order valence-electron chi connectivity index (χ1n) is 7.80. The van der Waals surface area contributed by atoms with Crippen LogP contribution in [0.1, 0.15) is 24.2 Å². The minimum atomic E-state index is -0.461. The summed E-state index contributed by atoms with van der Waals surface area (Å²) in [6, 6.07) is 11.2. The summed E-state index contributed by atoms with van der Waals surface area (Å²) in [5.74, 6) is -0.509. The number of aryl methyl sites for hydroxylation is 1. The number of urea groups is 1. The Morgan fingerprint density at radius 1 is 1.08 bits per heavy atom. The van der Waals surface area contributed by atoms with Crippen molar-refractivity contribution in [1.82, 2.24) is 4.57 Å². The highest BCUT2D eigenvalue weighted by atomic mass is 16.4. The highest BCUT2D eigenvalue weighted by molar-refractivity contribution is 6.02. The molecule has 0 saturated heterocycles. The van der Waals surface area contributed by atoms with E-state index in [1.165, 1.54) is 11.5 Å². The van der Waals surface area contributed by atoms with Crippen LogP contribution in [0.15, 0.2) is 51.7 Å². The highest BCUT2D eigenvalue weighted by Gasteiger charge is 2.10. The molecule has 1 aromatic heterocycles. The second kappa shape index (κ2) is 6.64. The Morgan fingerprint density at radius 3 is 2.48 bits per heavy atom. The molecule has 0 saturated carbocycles. The van der Waals surface area contributed by atoms with Crippen molar-refractivity contribution in [3.05, 3.63) is 58.6 Å². The van der Waals surface area contributed by atoms with Crippen molar-refractivity contribution in [2.24, 2.45) is 0 Å². The van der Waals surface area contributed by atoms with E-state index in [4.69, 9.17) is 4.42 Å². The lowest BCUT2D eigenvalue weighted by Crippen LogP contribution is -2.19. The fourth-order valence-electron chi connectivity index (χ4n) is 2.55. The number of carbonyl (C=O) groups is 2. The topological polar surface area (TPSA) is 93.3 Å². The molecule has 128 valence electrons. The van der Waals surface area contributed by atoms with Crippen molar-refractivity contribution in [3.63, 3.8) is 0 Å². The van der Waals surface area contributed by atoms with Crippen LogP contribution in [0.4, 0.5) is 16.2 Å². The van der Waals surface area contributed by atoms with Crippen LogP contribution in [0.25, 0.3) is 11.1 Å². The second-order valence-electron chi connectivity index (χ2n) is 5.51. The summed E-state index contributed by atoms with van der Waals surface area (Å²) < 4.78 is 6.68. The predicted octanol–water partition coefficient (Wildman–Crippen LogP) is 3.46. The third kappa shape index (κ3) is 3.45. The lowest BCUT2D eigenvalue weighted by atomic mass is 10.1. The SMILES string of the molecule is CCn1c(=O)oc2cc(NC(=O)Nc3cccc(C(C)=O)c3)ccc21. The van der Waals surface area contributed by atoms with Gasteiger partial charge in [-0.3, -0.25) is 9.36 Å². The van der Waals surface area contributed by atoms with Gasteiger partial charge in [0.1, 0.15) is 0 Å². The maximum atomic E-state index is 12.1. The fraction of sp³-hybridized carbons (Fsp3) is 0.167. The van der Waals surface area contributed by atoms with Gasteiger partial charge >= 0.3 is 11.8 Å². The van der Waals surface area contributed by atoms with E-state index in [9.17, 15) is 14.4 Å². The van der Waals surface area contributed by atoms with Crippen LogP contribution in [-0.2, 0) is 6.54 Å². The molecule has 0 bridgehead atoms. The van der Waals surface area contributed by atoms with Crippen LogP contribution in [0.5, 0.6) is 0 Å². The van der Waals surface area contributed by atoms with Crippen molar-refractivity contribution in [2.45, 2.75) is 20.4 Å². The minimum absolute atomic E-state index is 0.0787. The Balaban J connectivity index is 1.77. The summed E-state index contributed by atoms with van der Waals surface area (Å²) in [5, 5.41) is 5.33. The van der Waals surface area contributed by atoms with Crippen molar-refractivity contribution >= 4 is 34.3 Å². The molecule has 2 aromatic carbocycles. The molecule has 3 aromatic rings. The number of hydrogen-bond acceptors (Lipinski definition) is 4. The van der Waals surface area contributed by atoms with Crippen molar-refractivity contribution in [2.75, 3.05) is 10.6 Å². The van der Waals surface area contributed by atoms with Gasteiger partial charge in [0, 0.05) is 29.5 Å². The average Bonchev–Trinajstić information content (AvgIpc) is 2.89. The molecule has 0 spiro atoms. The van der Waals surface area contributed by atoms with Gasteiger partial charge in [-0.2, -0.15) is 0 Å². The van der Waals surface area contributed by atoms with E-state index in [-0.39, 0.29) is 5.78 Å². The van der Waals surface area contributed by atoms with Gasteiger partial charge in [0.15, 0.2) is 11.4 Å².